The normalized spacial score (nSPS) is 10.4. The summed E-state index contributed by atoms with van der Waals surface area (Å²) in [5, 5.41) is 6.67. The van der Waals surface area contributed by atoms with E-state index in [4.69, 9.17) is 23.2 Å². The Kier molecular flexibility index (Phi) is 5.71. The van der Waals surface area contributed by atoms with Crippen molar-refractivity contribution >= 4 is 40.5 Å². The minimum absolute atomic E-state index is 0.0810. The fraction of sp³-hybridized carbons (Fsp3) is 0.0526. The predicted octanol–water partition coefficient (Wildman–Crippen LogP) is 5.20. The SMILES string of the molecule is O=C(NCc1ccccc1F)c1cc(Nc2ccc(Cl)c(Cl)c2)ccn1. The number of benzene rings is 2. The van der Waals surface area contributed by atoms with Crippen LogP contribution in [-0.4, -0.2) is 10.9 Å². The standard InChI is InChI=1S/C19H14Cl2FN3O/c20-15-6-5-13(9-16(15)21)25-14-7-8-23-18(10-14)19(26)24-11-12-3-1-2-4-17(12)22/h1-10H,11H2,(H,23,25)(H,24,26). The lowest BCUT2D eigenvalue weighted by Gasteiger charge is -2.09. The monoisotopic (exact) mass is 389 g/mol. The van der Waals surface area contributed by atoms with Crippen molar-refractivity contribution in [3.63, 3.8) is 0 Å². The van der Waals surface area contributed by atoms with Crippen molar-refractivity contribution in [2.24, 2.45) is 0 Å². The maximum Gasteiger partial charge on any atom is 0.270 e. The Labute approximate surface area is 160 Å². The van der Waals surface area contributed by atoms with Crippen molar-refractivity contribution in [1.29, 1.82) is 0 Å². The van der Waals surface area contributed by atoms with Crippen LogP contribution in [0, 0.1) is 5.82 Å². The van der Waals surface area contributed by atoms with Crippen LogP contribution in [0.5, 0.6) is 0 Å². The van der Waals surface area contributed by atoms with Gasteiger partial charge in [0, 0.05) is 29.7 Å². The number of nitrogens with one attached hydrogen (secondary N) is 2. The van der Waals surface area contributed by atoms with Gasteiger partial charge in [-0.05, 0) is 36.4 Å². The molecule has 0 saturated heterocycles. The Bertz CT molecular complexity index is 950. The first kappa shape index (κ1) is 18.2. The molecule has 3 rings (SSSR count). The van der Waals surface area contributed by atoms with Gasteiger partial charge < -0.3 is 10.6 Å². The van der Waals surface area contributed by atoms with Gasteiger partial charge in [0.15, 0.2) is 0 Å². The van der Waals surface area contributed by atoms with Crippen LogP contribution in [0.2, 0.25) is 10.0 Å². The Morgan fingerprint density at radius 3 is 2.54 bits per heavy atom. The van der Waals surface area contributed by atoms with Crippen LogP contribution in [0.4, 0.5) is 15.8 Å². The molecular weight excluding hydrogens is 376 g/mol. The third-order valence-electron chi connectivity index (χ3n) is 3.60. The molecule has 1 heterocycles. The average Bonchev–Trinajstić information content (AvgIpc) is 2.64. The summed E-state index contributed by atoms with van der Waals surface area (Å²) in [6.07, 6.45) is 1.51. The molecule has 0 bridgehead atoms. The number of aromatic nitrogens is 1. The van der Waals surface area contributed by atoms with E-state index < -0.39 is 5.91 Å². The number of amides is 1. The second kappa shape index (κ2) is 8.17. The zero-order valence-corrected chi connectivity index (χ0v) is 15.0. The molecule has 3 aromatic rings. The summed E-state index contributed by atoms with van der Waals surface area (Å²) in [6, 6.07) is 14.7. The zero-order chi connectivity index (χ0) is 18.5. The predicted molar refractivity (Wildman–Crippen MR) is 102 cm³/mol. The molecule has 0 aliphatic heterocycles. The zero-order valence-electron chi connectivity index (χ0n) is 13.5. The van der Waals surface area contributed by atoms with Gasteiger partial charge in [-0.1, -0.05) is 41.4 Å². The number of hydrogen-bond donors (Lipinski definition) is 2. The molecule has 2 N–H and O–H groups in total. The fourth-order valence-corrected chi connectivity index (χ4v) is 2.58. The molecule has 0 fully saturated rings. The lowest BCUT2D eigenvalue weighted by Crippen LogP contribution is -2.24. The van der Waals surface area contributed by atoms with Crippen LogP contribution in [-0.2, 0) is 6.54 Å². The number of halogens is 3. The van der Waals surface area contributed by atoms with Gasteiger partial charge in [-0.15, -0.1) is 0 Å². The van der Waals surface area contributed by atoms with Gasteiger partial charge in [-0.25, -0.2) is 4.39 Å². The number of rotatable bonds is 5. The molecule has 7 heteroatoms. The van der Waals surface area contributed by atoms with Gasteiger partial charge in [0.25, 0.3) is 5.91 Å². The smallest absolute Gasteiger partial charge is 0.270 e. The van der Waals surface area contributed by atoms with E-state index in [1.807, 2.05) is 0 Å². The molecule has 0 aliphatic carbocycles. The van der Waals surface area contributed by atoms with Crippen LogP contribution in [0.3, 0.4) is 0 Å². The summed E-state index contributed by atoms with van der Waals surface area (Å²) in [7, 11) is 0. The number of nitrogens with zero attached hydrogens (tertiary/aromatic N) is 1. The minimum Gasteiger partial charge on any atom is -0.355 e. The molecule has 0 spiro atoms. The Hall–Kier alpha value is -2.63. The molecule has 1 amide bonds. The lowest BCUT2D eigenvalue weighted by atomic mass is 10.2. The third kappa shape index (κ3) is 4.50. The van der Waals surface area contributed by atoms with E-state index >= 15 is 0 Å². The molecule has 0 unspecified atom stereocenters. The van der Waals surface area contributed by atoms with Crippen molar-refractivity contribution in [2.45, 2.75) is 6.54 Å². The van der Waals surface area contributed by atoms with Crippen LogP contribution in [0.15, 0.2) is 60.8 Å². The molecule has 0 radical (unpaired) electrons. The van der Waals surface area contributed by atoms with Crippen molar-refractivity contribution in [2.75, 3.05) is 5.32 Å². The van der Waals surface area contributed by atoms with Crippen molar-refractivity contribution < 1.29 is 9.18 Å². The minimum atomic E-state index is -0.397. The number of carbonyl (C=O) groups is 1. The first-order valence-corrected chi connectivity index (χ1v) is 8.48. The first-order chi connectivity index (χ1) is 12.5. The van der Waals surface area contributed by atoms with E-state index in [-0.39, 0.29) is 18.1 Å². The molecule has 0 aliphatic rings. The third-order valence-corrected chi connectivity index (χ3v) is 4.34. The highest BCUT2D eigenvalue weighted by Gasteiger charge is 2.10. The lowest BCUT2D eigenvalue weighted by molar-refractivity contribution is 0.0945. The number of pyridine rings is 1. The van der Waals surface area contributed by atoms with Gasteiger partial charge in [-0.2, -0.15) is 0 Å². The number of carbonyl (C=O) groups excluding carboxylic acids is 1. The largest absolute Gasteiger partial charge is 0.355 e. The first-order valence-electron chi connectivity index (χ1n) is 7.72. The van der Waals surface area contributed by atoms with Gasteiger partial charge in [0.2, 0.25) is 0 Å². The molecule has 2 aromatic carbocycles. The van der Waals surface area contributed by atoms with E-state index in [1.165, 1.54) is 12.3 Å². The second-order valence-electron chi connectivity index (χ2n) is 5.46. The highest BCUT2D eigenvalue weighted by Crippen LogP contribution is 2.27. The molecule has 26 heavy (non-hydrogen) atoms. The van der Waals surface area contributed by atoms with Crippen molar-refractivity contribution in [1.82, 2.24) is 10.3 Å². The molecule has 4 nitrogen and oxygen atoms in total. The fourth-order valence-electron chi connectivity index (χ4n) is 2.28. The molecule has 1 aromatic heterocycles. The van der Waals surface area contributed by atoms with Gasteiger partial charge in [0.1, 0.15) is 11.5 Å². The van der Waals surface area contributed by atoms with E-state index in [0.717, 1.165) is 5.69 Å². The summed E-state index contributed by atoms with van der Waals surface area (Å²) in [5.74, 6) is -0.762. The van der Waals surface area contributed by atoms with E-state index in [9.17, 15) is 9.18 Å². The van der Waals surface area contributed by atoms with Crippen molar-refractivity contribution in [3.05, 3.63) is 87.9 Å². The number of anilines is 2. The molecule has 0 saturated carbocycles. The summed E-state index contributed by atoms with van der Waals surface area (Å²) in [6.45, 7) is 0.0810. The molecule has 0 atom stereocenters. The quantitative estimate of drug-likeness (QED) is 0.630. The summed E-state index contributed by atoms with van der Waals surface area (Å²) < 4.78 is 13.6. The summed E-state index contributed by atoms with van der Waals surface area (Å²) >= 11 is 11.9. The number of hydrogen-bond acceptors (Lipinski definition) is 3. The van der Waals surface area contributed by atoms with Crippen LogP contribution < -0.4 is 10.6 Å². The second-order valence-corrected chi connectivity index (χ2v) is 6.27. The maximum absolute atomic E-state index is 13.6. The summed E-state index contributed by atoms with van der Waals surface area (Å²) in [4.78, 5) is 16.3. The van der Waals surface area contributed by atoms with Crippen LogP contribution in [0.1, 0.15) is 16.1 Å². The van der Waals surface area contributed by atoms with Gasteiger partial charge >= 0.3 is 0 Å². The average molecular weight is 390 g/mol. The highest BCUT2D eigenvalue weighted by atomic mass is 35.5. The van der Waals surface area contributed by atoms with E-state index in [1.54, 1.807) is 48.5 Å². The van der Waals surface area contributed by atoms with Gasteiger partial charge in [-0.3, -0.25) is 9.78 Å². The van der Waals surface area contributed by atoms with Crippen molar-refractivity contribution in [3.8, 4) is 0 Å². The van der Waals surface area contributed by atoms with E-state index in [0.29, 0.717) is 21.3 Å². The van der Waals surface area contributed by atoms with Crippen LogP contribution >= 0.6 is 23.2 Å². The van der Waals surface area contributed by atoms with E-state index in [2.05, 4.69) is 15.6 Å². The maximum atomic E-state index is 13.6. The highest BCUT2D eigenvalue weighted by molar-refractivity contribution is 6.42. The van der Waals surface area contributed by atoms with Crippen LogP contribution in [0.25, 0.3) is 0 Å². The Morgan fingerprint density at radius 1 is 1.00 bits per heavy atom. The summed E-state index contributed by atoms with van der Waals surface area (Å²) in [5.41, 5.74) is 2.01. The Morgan fingerprint density at radius 2 is 1.77 bits per heavy atom. The van der Waals surface area contributed by atoms with Gasteiger partial charge in [0.05, 0.1) is 10.0 Å². The Balaban J connectivity index is 1.69. The topological polar surface area (TPSA) is 54.0 Å². The molecule has 132 valence electrons. The molecular formula is C19H14Cl2FN3O.